The van der Waals surface area contributed by atoms with Gasteiger partial charge in [0.05, 0.1) is 12.6 Å². The number of hydrogen-bond acceptors (Lipinski definition) is 3. The lowest BCUT2D eigenvalue weighted by molar-refractivity contribution is -0.188. The quantitative estimate of drug-likeness (QED) is 0.803. The van der Waals surface area contributed by atoms with Gasteiger partial charge in [-0.2, -0.15) is 0 Å². The van der Waals surface area contributed by atoms with Crippen molar-refractivity contribution in [2.45, 2.75) is 77.1 Å². The van der Waals surface area contributed by atoms with Crippen LogP contribution < -0.4 is 5.32 Å². The van der Waals surface area contributed by atoms with E-state index in [2.05, 4.69) is 61.3 Å². The van der Waals surface area contributed by atoms with Crippen molar-refractivity contribution in [2.24, 2.45) is 17.8 Å². The van der Waals surface area contributed by atoms with Gasteiger partial charge in [-0.25, -0.2) is 0 Å². The second-order valence-electron chi connectivity index (χ2n) is 10.3. The predicted octanol–water partition coefficient (Wildman–Crippen LogP) is 4.39. The van der Waals surface area contributed by atoms with E-state index in [0.29, 0.717) is 42.7 Å². The minimum Gasteiger partial charge on any atom is -0.353 e. The Hall–Kier alpha value is -1.65. The average Bonchev–Trinajstić information content (AvgIpc) is 3.13. The molecule has 30 heavy (non-hydrogen) atoms. The summed E-state index contributed by atoms with van der Waals surface area (Å²) >= 11 is 0. The lowest BCUT2D eigenvalue weighted by Crippen LogP contribution is -2.62. The minimum atomic E-state index is -0.321. The molecule has 4 heteroatoms. The van der Waals surface area contributed by atoms with E-state index >= 15 is 0 Å². The first-order valence-electron chi connectivity index (χ1n) is 12.0. The van der Waals surface area contributed by atoms with Crippen LogP contribution in [0.15, 0.2) is 29.8 Å². The maximum Gasteiger partial charge on any atom is 0.225 e. The van der Waals surface area contributed by atoms with Crippen molar-refractivity contribution < 1.29 is 9.53 Å². The summed E-state index contributed by atoms with van der Waals surface area (Å²) in [4.78, 5) is 15.0. The fourth-order valence-corrected chi connectivity index (χ4v) is 6.38. The summed E-state index contributed by atoms with van der Waals surface area (Å²) in [6.07, 6.45) is 8.38. The van der Waals surface area contributed by atoms with Gasteiger partial charge in [0.25, 0.3) is 0 Å². The van der Waals surface area contributed by atoms with Crippen LogP contribution in [-0.2, 0) is 16.0 Å². The Morgan fingerprint density at radius 2 is 2.10 bits per heavy atom. The third-order valence-corrected chi connectivity index (χ3v) is 8.20. The Morgan fingerprint density at radius 3 is 2.93 bits per heavy atom. The molecule has 0 radical (unpaired) electrons. The van der Waals surface area contributed by atoms with E-state index in [1.807, 2.05) is 0 Å². The van der Waals surface area contributed by atoms with Crippen LogP contribution in [0, 0.1) is 17.8 Å². The summed E-state index contributed by atoms with van der Waals surface area (Å²) in [7, 11) is 0. The van der Waals surface area contributed by atoms with Gasteiger partial charge in [-0.05, 0) is 55.1 Å². The first kappa shape index (κ1) is 20.3. The summed E-state index contributed by atoms with van der Waals surface area (Å²) in [6.45, 7) is 8.46. The van der Waals surface area contributed by atoms with Crippen molar-refractivity contribution in [2.75, 3.05) is 13.2 Å². The number of benzene rings is 1. The fourth-order valence-electron chi connectivity index (χ4n) is 6.38. The number of piperidine rings is 1. The number of amides is 1. The van der Waals surface area contributed by atoms with Gasteiger partial charge in [-0.15, -0.1) is 0 Å². The number of carbonyl (C=O) groups is 1. The number of carbonyl (C=O) groups excluding carboxylic acids is 1. The van der Waals surface area contributed by atoms with Gasteiger partial charge in [0, 0.05) is 24.9 Å². The molecule has 3 fully saturated rings. The van der Waals surface area contributed by atoms with E-state index in [1.165, 1.54) is 16.7 Å². The second-order valence-corrected chi connectivity index (χ2v) is 10.3. The molecule has 1 N–H and O–H groups in total. The number of ether oxygens (including phenoxy) is 1. The molecule has 2 aliphatic carbocycles. The van der Waals surface area contributed by atoms with Gasteiger partial charge in [0.15, 0.2) is 0 Å². The van der Waals surface area contributed by atoms with Gasteiger partial charge >= 0.3 is 0 Å². The summed E-state index contributed by atoms with van der Waals surface area (Å²) in [5.41, 5.74) is 4.05. The Balaban J connectivity index is 1.26. The topological polar surface area (TPSA) is 41.6 Å². The highest BCUT2D eigenvalue weighted by atomic mass is 16.5. The molecule has 1 aromatic rings. The molecular weight excluding hydrogens is 372 g/mol. The predicted molar refractivity (Wildman–Crippen MR) is 120 cm³/mol. The zero-order valence-corrected chi connectivity index (χ0v) is 18.7. The SMILES string of the molecule is CC1Cc2ccccc2C=C1CN[C@H]1CC[C@]23OC[C@H](C(C)C)N2C(=O)CC[C@@H]3C1. The van der Waals surface area contributed by atoms with Crippen LogP contribution in [0.25, 0.3) is 6.08 Å². The second kappa shape index (κ2) is 7.80. The molecule has 2 heterocycles. The molecule has 5 rings (SSSR count). The molecule has 0 aromatic heterocycles. The molecule has 162 valence electrons. The van der Waals surface area contributed by atoms with Crippen molar-refractivity contribution in [1.82, 2.24) is 10.2 Å². The minimum absolute atomic E-state index is 0.248. The largest absolute Gasteiger partial charge is 0.353 e. The highest BCUT2D eigenvalue weighted by Gasteiger charge is 2.59. The van der Waals surface area contributed by atoms with Crippen molar-refractivity contribution in [3.8, 4) is 0 Å². The molecule has 4 nitrogen and oxygen atoms in total. The Kier molecular flexibility index (Phi) is 5.27. The molecule has 2 saturated heterocycles. The molecular formula is C26H36N2O2. The van der Waals surface area contributed by atoms with Crippen LogP contribution in [-0.4, -0.2) is 41.8 Å². The van der Waals surface area contributed by atoms with Gasteiger partial charge in [0.2, 0.25) is 5.91 Å². The summed E-state index contributed by atoms with van der Waals surface area (Å²) in [5.74, 6) is 1.82. The van der Waals surface area contributed by atoms with Crippen LogP contribution >= 0.6 is 0 Å². The molecule has 1 saturated carbocycles. The molecule has 4 aliphatic rings. The van der Waals surface area contributed by atoms with E-state index in [-0.39, 0.29) is 11.8 Å². The lowest BCUT2D eigenvalue weighted by atomic mass is 9.72. The van der Waals surface area contributed by atoms with E-state index in [9.17, 15) is 4.79 Å². The smallest absolute Gasteiger partial charge is 0.225 e. The van der Waals surface area contributed by atoms with E-state index in [4.69, 9.17) is 4.74 Å². The normalized spacial score (nSPS) is 35.7. The van der Waals surface area contributed by atoms with E-state index < -0.39 is 0 Å². The van der Waals surface area contributed by atoms with Crippen molar-refractivity contribution >= 4 is 12.0 Å². The number of nitrogens with one attached hydrogen (secondary N) is 1. The van der Waals surface area contributed by atoms with Gasteiger partial charge in [0.1, 0.15) is 5.72 Å². The highest BCUT2D eigenvalue weighted by Crippen LogP contribution is 2.50. The van der Waals surface area contributed by atoms with Crippen LogP contribution in [0.1, 0.15) is 64.0 Å². The standard InChI is InChI=1S/C26H36N2O2/c1-17(2)24-16-30-26-11-10-23(14-22(26)8-9-25(29)28(24)26)27-15-21-13-20-7-5-4-6-19(20)12-18(21)3/h4-7,13,17-18,22-24,27H,8-12,14-16H2,1-3H3/t18?,22-,23+,24-,26-/m1/s1. The average molecular weight is 409 g/mol. The third-order valence-electron chi connectivity index (χ3n) is 8.20. The number of rotatable bonds is 4. The van der Waals surface area contributed by atoms with Crippen LogP contribution in [0.2, 0.25) is 0 Å². The zero-order valence-electron chi connectivity index (χ0n) is 18.7. The van der Waals surface area contributed by atoms with Crippen LogP contribution in [0.4, 0.5) is 0 Å². The number of hydrogen-bond donors (Lipinski definition) is 1. The summed E-state index contributed by atoms with van der Waals surface area (Å²) < 4.78 is 6.46. The molecule has 1 unspecified atom stereocenters. The van der Waals surface area contributed by atoms with E-state index in [0.717, 1.165) is 38.6 Å². The Bertz CT molecular complexity index is 847. The lowest BCUT2D eigenvalue weighted by Gasteiger charge is -2.52. The molecule has 5 atom stereocenters. The first-order chi connectivity index (χ1) is 14.5. The Labute approximate surface area is 181 Å². The van der Waals surface area contributed by atoms with Crippen LogP contribution in [0.5, 0.6) is 0 Å². The number of nitrogens with zero attached hydrogens (tertiary/aromatic N) is 1. The zero-order chi connectivity index (χ0) is 20.9. The van der Waals surface area contributed by atoms with Crippen molar-refractivity contribution in [3.05, 3.63) is 41.0 Å². The maximum atomic E-state index is 12.8. The van der Waals surface area contributed by atoms with Crippen molar-refractivity contribution in [3.63, 3.8) is 0 Å². The van der Waals surface area contributed by atoms with Crippen LogP contribution in [0.3, 0.4) is 0 Å². The van der Waals surface area contributed by atoms with Gasteiger partial charge < -0.3 is 15.0 Å². The third kappa shape index (κ3) is 3.33. The fraction of sp³-hybridized carbons (Fsp3) is 0.654. The number of fused-ring (bicyclic) bond motifs is 1. The summed E-state index contributed by atoms with van der Waals surface area (Å²) in [6, 6.07) is 9.55. The monoisotopic (exact) mass is 408 g/mol. The molecule has 2 aliphatic heterocycles. The Morgan fingerprint density at radius 1 is 1.27 bits per heavy atom. The maximum absolute atomic E-state index is 12.8. The first-order valence-corrected chi connectivity index (χ1v) is 12.0. The van der Waals surface area contributed by atoms with Crippen molar-refractivity contribution in [1.29, 1.82) is 0 Å². The highest BCUT2D eigenvalue weighted by molar-refractivity contribution is 5.78. The molecule has 0 bridgehead atoms. The molecule has 1 spiro atoms. The molecule has 1 aromatic carbocycles. The van der Waals surface area contributed by atoms with Gasteiger partial charge in [-0.3, -0.25) is 4.79 Å². The summed E-state index contributed by atoms with van der Waals surface area (Å²) in [5, 5.41) is 3.88. The van der Waals surface area contributed by atoms with E-state index in [1.54, 1.807) is 0 Å². The van der Waals surface area contributed by atoms with Gasteiger partial charge in [-0.1, -0.05) is 56.7 Å². The molecule has 1 amide bonds.